The third-order valence-corrected chi connectivity index (χ3v) is 6.50. The molecule has 2 aromatic rings. The summed E-state index contributed by atoms with van der Waals surface area (Å²) < 4.78 is 5.43. The van der Waals surface area contributed by atoms with Crippen LogP contribution in [0.3, 0.4) is 0 Å². The summed E-state index contributed by atoms with van der Waals surface area (Å²) in [6, 6.07) is 12.2. The Morgan fingerprint density at radius 1 is 1.25 bits per heavy atom. The zero-order valence-corrected chi connectivity index (χ0v) is 17.7. The van der Waals surface area contributed by atoms with Crippen molar-refractivity contribution in [2.75, 3.05) is 0 Å². The molecular formula is C23H29NO3S. The van der Waals surface area contributed by atoms with Crippen LogP contribution in [0.1, 0.15) is 59.3 Å². The summed E-state index contributed by atoms with van der Waals surface area (Å²) in [6.45, 7) is 5.85. The molecule has 0 aliphatic heterocycles. The molecule has 3 rings (SSSR count). The van der Waals surface area contributed by atoms with E-state index < -0.39 is 12.1 Å². The average molecular weight is 400 g/mol. The highest BCUT2D eigenvalue weighted by atomic mass is 32.1. The minimum Gasteiger partial charge on any atom is -0.448 e. The molecule has 0 bridgehead atoms. The van der Waals surface area contributed by atoms with Gasteiger partial charge in [-0.25, -0.2) is 4.79 Å². The Balaban J connectivity index is 1.47. The number of fused-ring (bicyclic) bond motifs is 1. The van der Waals surface area contributed by atoms with Gasteiger partial charge >= 0.3 is 5.97 Å². The molecule has 28 heavy (non-hydrogen) atoms. The van der Waals surface area contributed by atoms with Gasteiger partial charge in [-0.05, 0) is 69.1 Å². The van der Waals surface area contributed by atoms with E-state index in [0.29, 0.717) is 10.8 Å². The van der Waals surface area contributed by atoms with Gasteiger partial charge in [0.05, 0.1) is 0 Å². The number of thiophene rings is 1. The molecule has 3 atom stereocenters. The lowest BCUT2D eigenvalue weighted by Crippen LogP contribution is -2.40. The molecule has 1 amide bonds. The fraction of sp³-hybridized carbons (Fsp3) is 0.478. The van der Waals surface area contributed by atoms with Gasteiger partial charge in [0.2, 0.25) is 0 Å². The molecule has 1 aromatic heterocycles. The third kappa shape index (κ3) is 5.44. The number of esters is 1. The van der Waals surface area contributed by atoms with Crippen molar-refractivity contribution < 1.29 is 14.3 Å². The normalized spacial score (nSPS) is 18.0. The molecule has 5 heteroatoms. The van der Waals surface area contributed by atoms with Gasteiger partial charge in [0, 0.05) is 10.9 Å². The van der Waals surface area contributed by atoms with Crippen molar-refractivity contribution in [3.8, 4) is 0 Å². The summed E-state index contributed by atoms with van der Waals surface area (Å²) in [4.78, 5) is 26.7. The van der Waals surface area contributed by atoms with Crippen molar-refractivity contribution in [2.24, 2.45) is 5.92 Å². The van der Waals surface area contributed by atoms with E-state index in [-0.39, 0.29) is 11.9 Å². The molecule has 0 radical (unpaired) electrons. The van der Waals surface area contributed by atoms with Crippen LogP contribution in [-0.2, 0) is 28.8 Å². The van der Waals surface area contributed by atoms with E-state index in [9.17, 15) is 9.59 Å². The largest absolute Gasteiger partial charge is 0.448 e. The lowest BCUT2D eigenvalue weighted by Gasteiger charge is -2.17. The summed E-state index contributed by atoms with van der Waals surface area (Å²) in [6.07, 6.45) is 4.16. The van der Waals surface area contributed by atoms with Crippen LogP contribution < -0.4 is 5.32 Å². The first-order valence-electron chi connectivity index (χ1n) is 10.1. The van der Waals surface area contributed by atoms with Crippen molar-refractivity contribution >= 4 is 23.2 Å². The zero-order valence-electron chi connectivity index (χ0n) is 16.9. The Morgan fingerprint density at radius 3 is 2.75 bits per heavy atom. The second-order valence-electron chi connectivity index (χ2n) is 7.89. The molecule has 0 spiro atoms. The predicted molar refractivity (Wildman–Crippen MR) is 113 cm³/mol. The van der Waals surface area contributed by atoms with Crippen LogP contribution in [0.4, 0.5) is 0 Å². The molecule has 0 saturated carbocycles. The number of amides is 1. The van der Waals surface area contributed by atoms with Gasteiger partial charge in [0.25, 0.3) is 5.91 Å². The van der Waals surface area contributed by atoms with Gasteiger partial charge in [-0.15, -0.1) is 11.3 Å². The van der Waals surface area contributed by atoms with E-state index in [1.165, 1.54) is 33.8 Å². The van der Waals surface area contributed by atoms with E-state index in [0.717, 1.165) is 25.7 Å². The van der Waals surface area contributed by atoms with E-state index in [4.69, 9.17) is 4.74 Å². The molecule has 150 valence electrons. The van der Waals surface area contributed by atoms with Gasteiger partial charge < -0.3 is 10.1 Å². The number of rotatable bonds is 7. The maximum atomic E-state index is 12.5. The number of nitrogens with one attached hydrogen (secondary N) is 1. The van der Waals surface area contributed by atoms with Crippen LogP contribution in [-0.4, -0.2) is 24.0 Å². The van der Waals surface area contributed by atoms with Crippen LogP contribution in [0.25, 0.3) is 0 Å². The topological polar surface area (TPSA) is 55.4 Å². The Labute approximate surface area is 171 Å². The fourth-order valence-electron chi connectivity index (χ4n) is 3.54. The standard InChI is InChI=1S/C23H29NO3S/c1-15-9-12-20-19(13-15)14-21(28-20)23(26)27-17(3)22(25)24-16(2)10-11-18-7-5-4-6-8-18/h4-8,14-17H,9-13H2,1-3H3,(H,24,25)/t15-,16-,17+/m0/s1. The molecule has 1 N–H and O–H groups in total. The van der Waals surface area contributed by atoms with Crippen LogP contribution in [0.5, 0.6) is 0 Å². The van der Waals surface area contributed by atoms with Gasteiger partial charge in [0.15, 0.2) is 6.10 Å². The molecule has 0 unspecified atom stereocenters. The van der Waals surface area contributed by atoms with Crippen molar-refractivity contribution in [3.05, 3.63) is 57.3 Å². The average Bonchev–Trinajstić information content (AvgIpc) is 3.10. The van der Waals surface area contributed by atoms with Crippen LogP contribution in [0.15, 0.2) is 36.4 Å². The molecule has 1 heterocycles. The second-order valence-corrected chi connectivity index (χ2v) is 9.03. The van der Waals surface area contributed by atoms with Crippen LogP contribution in [0.2, 0.25) is 0 Å². The lowest BCUT2D eigenvalue weighted by atomic mass is 9.90. The molecule has 1 aromatic carbocycles. The predicted octanol–water partition coefficient (Wildman–Crippen LogP) is 4.56. The molecule has 1 aliphatic carbocycles. The number of benzene rings is 1. The fourth-order valence-corrected chi connectivity index (χ4v) is 4.63. The zero-order chi connectivity index (χ0) is 20.1. The highest BCUT2D eigenvalue weighted by Crippen LogP contribution is 2.32. The summed E-state index contributed by atoms with van der Waals surface area (Å²) in [5.41, 5.74) is 2.52. The Morgan fingerprint density at radius 2 is 2.00 bits per heavy atom. The molecular weight excluding hydrogens is 370 g/mol. The van der Waals surface area contributed by atoms with Crippen molar-refractivity contribution in [2.45, 2.75) is 65.0 Å². The number of carbonyl (C=O) groups is 2. The highest BCUT2D eigenvalue weighted by Gasteiger charge is 2.24. The first-order valence-corrected chi connectivity index (χ1v) is 10.9. The maximum absolute atomic E-state index is 12.5. The van der Waals surface area contributed by atoms with Crippen molar-refractivity contribution in [1.82, 2.24) is 5.32 Å². The minimum atomic E-state index is -0.801. The van der Waals surface area contributed by atoms with E-state index in [1.54, 1.807) is 6.92 Å². The molecule has 0 fully saturated rings. The van der Waals surface area contributed by atoms with Crippen LogP contribution in [0, 0.1) is 5.92 Å². The second kappa shape index (κ2) is 9.37. The molecule has 1 aliphatic rings. The summed E-state index contributed by atoms with van der Waals surface area (Å²) in [5, 5.41) is 2.95. The summed E-state index contributed by atoms with van der Waals surface area (Å²) >= 11 is 1.51. The van der Waals surface area contributed by atoms with Crippen molar-refractivity contribution in [1.29, 1.82) is 0 Å². The minimum absolute atomic E-state index is 0.0180. The maximum Gasteiger partial charge on any atom is 0.349 e. The monoisotopic (exact) mass is 399 g/mol. The highest BCUT2D eigenvalue weighted by molar-refractivity contribution is 7.14. The van der Waals surface area contributed by atoms with E-state index in [2.05, 4.69) is 24.4 Å². The Kier molecular flexibility index (Phi) is 6.89. The SMILES string of the molecule is C[C@H]1CCc2sc(C(=O)O[C@H](C)C(=O)N[C@@H](C)CCc3ccccc3)cc2C1. The number of carbonyl (C=O) groups excluding carboxylic acids is 2. The van der Waals surface area contributed by atoms with Crippen LogP contribution >= 0.6 is 11.3 Å². The smallest absolute Gasteiger partial charge is 0.349 e. The number of ether oxygens (including phenoxy) is 1. The lowest BCUT2D eigenvalue weighted by molar-refractivity contribution is -0.129. The Bertz CT molecular complexity index is 815. The van der Waals surface area contributed by atoms with E-state index >= 15 is 0 Å². The van der Waals surface area contributed by atoms with Gasteiger partial charge in [-0.1, -0.05) is 37.3 Å². The quantitative estimate of drug-likeness (QED) is 0.695. The first kappa shape index (κ1) is 20.6. The summed E-state index contributed by atoms with van der Waals surface area (Å²) in [7, 11) is 0. The van der Waals surface area contributed by atoms with E-state index in [1.807, 2.05) is 31.2 Å². The third-order valence-electron chi connectivity index (χ3n) is 5.28. The van der Waals surface area contributed by atoms with Gasteiger partial charge in [0.1, 0.15) is 4.88 Å². The first-order chi connectivity index (χ1) is 13.4. The Hall–Kier alpha value is -2.14. The van der Waals surface area contributed by atoms with Gasteiger partial charge in [-0.3, -0.25) is 4.79 Å². The van der Waals surface area contributed by atoms with Gasteiger partial charge in [-0.2, -0.15) is 0 Å². The number of aryl methyl sites for hydroxylation is 2. The molecule has 4 nitrogen and oxygen atoms in total. The number of hydrogen-bond donors (Lipinski definition) is 1. The number of hydrogen-bond acceptors (Lipinski definition) is 4. The summed E-state index contributed by atoms with van der Waals surface area (Å²) in [5.74, 6) is 0.0172. The van der Waals surface area contributed by atoms with Crippen molar-refractivity contribution in [3.63, 3.8) is 0 Å². The molecule has 0 saturated heterocycles.